The summed E-state index contributed by atoms with van der Waals surface area (Å²) in [6.45, 7) is 4.57. The number of fused-ring (bicyclic) bond motifs is 1. The second kappa shape index (κ2) is 6.41. The van der Waals surface area contributed by atoms with E-state index >= 15 is 0 Å². The second-order valence-electron chi connectivity index (χ2n) is 5.45. The number of nitrogens with zero attached hydrogens (tertiary/aromatic N) is 4. The number of imidazole rings is 1. The highest BCUT2D eigenvalue weighted by atomic mass is 16.3. The minimum atomic E-state index is 0.139. The van der Waals surface area contributed by atoms with Crippen molar-refractivity contribution in [2.45, 2.75) is 51.9 Å². The van der Waals surface area contributed by atoms with Crippen LogP contribution in [0, 0.1) is 0 Å². The summed E-state index contributed by atoms with van der Waals surface area (Å²) in [4.78, 5) is 4.41. The van der Waals surface area contributed by atoms with E-state index in [2.05, 4.69) is 26.9 Å². The van der Waals surface area contributed by atoms with Gasteiger partial charge in [0.1, 0.15) is 5.82 Å². The van der Waals surface area contributed by atoms with Gasteiger partial charge in [-0.25, -0.2) is 4.98 Å². The van der Waals surface area contributed by atoms with Gasteiger partial charge >= 0.3 is 0 Å². The van der Waals surface area contributed by atoms with E-state index in [-0.39, 0.29) is 6.61 Å². The van der Waals surface area contributed by atoms with Gasteiger partial charge in [-0.1, -0.05) is 0 Å². The average molecular weight is 289 g/mol. The third kappa shape index (κ3) is 2.87. The standard InChI is InChI=1S/C15H23N5O/c1-2-19-7-6-16-15(19)11-17-13-4-3-5-14-12(13)10-18-20(14)8-9-21/h6-7,10,13,17,21H,2-5,8-9,11H2,1H3. The van der Waals surface area contributed by atoms with Crippen molar-refractivity contribution in [2.75, 3.05) is 6.61 Å². The Hall–Kier alpha value is -1.66. The Morgan fingerprint density at radius 3 is 3.19 bits per heavy atom. The molecule has 0 bridgehead atoms. The minimum absolute atomic E-state index is 0.139. The van der Waals surface area contributed by atoms with E-state index in [1.807, 2.05) is 23.3 Å². The van der Waals surface area contributed by atoms with Crippen LogP contribution in [0.25, 0.3) is 0 Å². The Morgan fingerprint density at radius 2 is 2.38 bits per heavy atom. The van der Waals surface area contributed by atoms with Crippen LogP contribution in [0.1, 0.15) is 42.9 Å². The van der Waals surface area contributed by atoms with Gasteiger partial charge in [-0.2, -0.15) is 5.10 Å². The summed E-state index contributed by atoms with van der Waals surface area (Å²) in [5, 5.41) is 17.1. The maximum absolute atomic E-state index is 9.10. The average Bonchev–Trinajstić information content (AvgIpc) is 3.12. The van der Waals surface area contributed by atoms with Gasteiger partial charge in [-0.3, -0.25) is 4.68 Å². The first-order chi connectivity index (χ1) is 10.3. The molecule has 3 rings (SSSR count). The molecule has 6 heteroatoms. The zero-order chi connectivity index (χ0) is 14.7. The Balaban J connectivity index is 1.71. The van der Waals surface area contributed by atoms with Gasteiger partial charge in [0.25, 0.3) is 0 Å². The van der Waals surface area contributed by atoms with E-state index < -0.39 is 0 Å². The quantitative estimate of drug-likeness (QED) is 0.840. The molecule has 1 atom stereocenters. The van der Waals surface area contributed by atoms with Crippen molar-refractivity contribution in [1.82, 2.24) is 24.6 Å². The Bertz CT molecular complexity index is 589. The topological polar surface area (TPSA) is 67.9 Å². The lowest BCUT2D eigenvalue weighted by Crippen LogP contribution is -2.26. The summed E-state index contributed by atoms with van der Waals surface area (Å²) in [5.74, 6) is 1.08. The highest BCUT2D eigenvalue weighted by Crippen LogP contribution is 2.29. The van der Waals surface area contributed by atoms with Crippen LogP contribution in [-0.2, 0) is 26.1 Å². The molecule has 21 heavy (non-hydrogen) atoms. The molecule has 0 fully saturated rings. The van der Waals surface area contributed by atoms with Crippen molar-refractivity contribution in [3.05, 3.63) is 35.7 Å². The molecule has 0 aliphatic heterocycles. The van der Waals surface area contributed by atoms with Crippen LogP contribution in [0.4, 0.5) is 0 Å². The van der Waals surface area contributed by atoms with Crippen molar-refractivity contribution in [2.24, 2.45) is 0 Å². The van der Waals surface area contributed by atoms with Gasteiger partial charge in [-0.05, 0) is 26.2 Å². The summed E-state index contributed by atoms with van der Waals surface area (Å²) in [7, 11) is 0. The summed E-state index contributed by atoms with van der Waals surface area (Å²) in [5.41, 5.74) is 2.55. The molecular formula is C15H23N5O. The summed E-state index contributed by atoms with van der Waals surface area (Å²) < 4.78 is 4.10. The van der Waals surface area contributed by atoms with Gasteiger partial charge in [-0.15, -0.1) is 0 Å². The number of aryl methyl sites for hydroxylation is 1. The van der Waals surface area contributed by atoms with E-state index in [4.69, 9.17) is 5.11 Å². The van der Waals surface area contributed by atoms with Crippen molar-refractivity contribution < 1.29 is 5.11 Å². The fourth-order valence-corrected chi connectivity index (χ4v) is 3.13. The van der Waals surface area contributed by atoms with Crippen molar-refractivity contribution in [3.63, 3.8) is 0 Å². The van der Waals surface area contributed by atoms with Gasteiger partial charge in [0.05, 0.1) is 25.9 Å². The monoisotopic (exact) mass is 289 g/mol. The molecule has 114 valence electrons. The highest BCUT2D eigenvalue weighted by Gasteiger charge is 2.24. The molecule has 2 N–H and O–H groups in total. The number of aromatic nitrogens is 4. The van der Waals surface area contributed by atoms with Crippen LogP contribution in [-0.4, -0.2) is 31.0 Å². The van der Waals surface area contributed by atoms with E-state index in [0.29, 0.717) is 12.6 Å². The molecule has 6 nitrogen and oxygen atoms in total. The summed E-state index contributed by atoms with van der Waals surface area (Å²) >= 11 is 0. The SMILES string of the molecule is CCn1ccnc1CNC1CCCc2c1cnn2CCO. The number of aliphatic hydroxyl groups is 1. The number of rotatable bonds is 6. The Kier molecular flexibility index (Phi) is 4.36. The fraction of sp³-hybridized carbons (Fsp3) is 0.600. The maximum atomic E-state index is 9.10. The van der Waals surface area contributed by atoms with Crippen molar-refractivity contribution in [3.8, 4) is 0 Å². The van der Waals surface area contributed by atoms with Gasteiger partial charge in [0.15, 0.2) is 0 Å². The Labute approximate surface area is 124 Å². The first kappa shape index (κ1) is 14.3. The molecule has 1 aliphatic carbocycles. The maximum Gasteiger partial charge on any atom is 0.122 e. The van der Waals surface area contributed by atoms with Gasteiger partial charge < -0.3 is 15.0 Å². The predicted molar refractivity (Wildman–Crippen MR) is 79.7 cm³/mol. The zero-order valence-electron chi connectivity index (χ0n) is 12.5. The van der Waals surface area contributed by atoms with Crippen molar-refractivity contribution in [1.29, 1.82) is 0 Å². The third-order valence-corrected chi connectivity index (χ3v) is 4.22. The first-order valence-electron chi connectivity index (χ1n) is 7.72. The molecule has 0 amide bonds. The van der Waals surface area contributed by atoms with E-state index in [1.54, 1.807) is 0 Å². The molecule has 2 aromatic heterocycles. The molecule has 2 aromatic rings. The van der Waals surface area contributed by atoms with Crippen LogP contribution < -0.4 is 5.32 Å². The molecule has 0 saturated carbocycles. The molecule has 0 spiro atoms. The van der Waals surface area contributed by atoms with E-state index in [0.717, 1.165) is 38.2 Å². The van der Waals surface area contributed by atoms with Gasteiger partial charge in [0.2, 0.25) is 0 Å². The Morgan fingerprint density at radius 1 is 1.48 bits per heavy atom. The highest BCUT2D eigenvalue weighted by molar-refractivity contribution is 5.25. The second-order valence-corrected chi connectivity index (χ2v) is 5.45. The van der Waals surface area contributed by atoms with Crippen LogP contribution in [0.5, 0.6) is 0 Å². The van der Waals surface area contributed by atoms with E-state index in [1.165, 1.54) is 11.3 Å². The molecular weight excluding hydrogens is 266 g/mol. The molecule has 1 unspecified atom stereocenters. The normalized spacial score (nSPS) is 17.9. The van der Waals surface area contributed by atoms with Crippen LogP contribution >= 0.6 is 0 Å². The number of aliphatic hydroxyl groups excluding tert-OH is 1. The molecule has 0 saturated heterocycles. The zero-order valence-corrected chi connectivity index (χ0v) is 12.5. The van der Waals surface area contributed by atoms with E-state index in [9.17, 15) is 0 Å². The van der Waals surface area contributed by atoms with Crippen LogP contribution in [0.15, 0.2) is 18.6 Å². The van der Waals surface area contributed by atoms with Gasteiger partial charge in [0, 0.05) is 36.2 Å². The number of hydrogen-bond donors (Lipinski definition) is 2. The first-order valence-corrected chi connectivity index (χ1v) is 7.72. The fourth-order valence-electron chi connectivity index (χ4n) is 3.13. The lowest BCUT2D eigenvalue weighted by Gasteiger charge is -2.24. The summed E-state index contributed by atoms with van der Waals surface area (Å²) in [6.07, 6.45) is 9.16. The molecule has 0 radical (unpaired) electrons. The number of nitrogens with one attached hydrogen (secondary N) is 1. The third-order valence-electron chi connectivity index (χ3n) is 4.22. The van der Waals surface area contributed by atoms with Crippen molar-refractivity contribution >= 4 is 0 Å². The molecule has 0 aromatic carbocycles. The lowest BCUT2D eigenvalue weighted by molar-refractivity contribution is 0.266. The summed E-state index contributed by atoms with van der Waals surface area (Å²) in [6, 6.07) is 0.336. The van der Waals surface area contributed by atoms with Crippen LogP contribution in [0.2, 0.25) is 0 Å². The van der Waals surface area contributed by atoms with Crippen LogP contribution in [0.3, 0.4) is 0 Å². The smallest absolute Gasteiger partial charge is 0.122 e. The minimum Gasteiger partial charge on any atom is -0.394 e. The number of hydrogen-bond acceptors (Lipinski definition) is 4. The largest absolute Gasteiger partial charge is 0.394 e. The molecule has 1 aliphatic rings. The molecule has 2 heterocycles. The lowest BCUT2D eigenvalue weighted by atomic mass is 9.93. The predicted octanol–water partition coefficient (Wildman–Crippen LogP) is 1.26.